The number of aryl methyl sites for hydroxylation is 2. The highest BCUT2D eigenvalue weighted by Crippen LogP contribution is 2.44. The van der Waals surface area contributed by atoms with Gasteiger partial charge in [0.05, 0.1) is 17.0 Å². The van der Waals surface area contributed by atoms with Crippen LogP contribution in [0.4, 0.5) is 0 Å². The van der Waals surface area contributed by atoms with Gasteiger partial charge in [0.25, 0.3) is 5.89 Å². The van der Waals surface area contributed by atoms with Crippen LogP contribution in [0.5, 0.6) is 28.7 Å². The lowest BCUT2D eigenvalue weighted by atomic mass is 9.94. The second-order valence-corrected chi connectivity index (χ2v) is 26.0. The number of oxime groups is 1. The van der Waals surface area contributed by atoms with E-state index in [4.69, 9.17) is 90.8 Å². The lowest BCUT2D eigenvalue weighted by molar-refractivity contribution is -0.145. The third-order valence-corrected chi connectivity index (χ3v) is 16.7. The molecule has 4 aromatic heterocycles. The molecule has 25 nitrogen and oxygen atoms in total. The molecule has 9 aromatic rings. The smallest absolute Gasteiger partial charge is 0.344 e. The number of carboxylic acids is 5. The molecule has 2 unspecified atom stereocenters. The van der Waals surface area contributed by atoms with Crippen molar-refractivity contribution < 1.29 is 91.6 Å². The number of fused-ring (bicyclic) bond motifs is 1. The molecule has 0 radical (unpaired) electrons. The molecular formula is C69H75Br3Cl2N6O19S5. The van der Waals surface area contributed by atoms with Crippen molar-refractivity contribution in [2.24, 2.45) is 11.1 Å². The Morgan fingerprint density at radius 1 is 0.471 bits per heavy atom. The van der Waals surface area contributed by atoms with E-state index in [2.05, 4.69) is 78.4 Å². The van der Waals surface area contributed by atoms with Crippen LogP contribution in [0.2, 0.25) is 10.0 Å². The van der Waals surface area contributed by atoms with Crippen LogP contribution in [0.3, 0.4) is 0 Å². The summed E-state index contributed by atoms with van der Waals surface area (Å²) in [7, 11) is 0. The number of rotatable bonds is 21. The number of aliphatic carboxylic acids is 5. The Labute approximate surface area is 667 Å². The highest BCUT2D eigenvalue weighted by atomic mass is 79.9. The molecule has 5 N–H and O–H groups in total. The van der Waals surface area contributed by atoms with Gasteiger partial charge in [-0.2, -0.15) is 72.5 Å². The van der Waals surface area contributed by atoms with Gasteiger partial charge < -0.3 is 67.6 Å². The molecule has 3 aliphatic rings. The number of hydrogen-bond donors (Lipinski definition) is 5. The van der Waals surface area contributed by atoms with Crippen molar-refractivity contribution in [3.8, 4) is 74.0 Å². The van der Waals surface area contributed by atoms with Gasteiger partial charge in [-0.3, -0.25) is 4.98 Å². The molecule has 0 spiro atoms. The Morgan fingerprint density at radius 3 is 1.30 bits per heavy atom. The minimum atomic E-state index is -1.07. The fourth-order valence-electron chi connectivity index (χ4n) is 9.40. The molecule has 2 saturated carbocycles. The monoisotopic (exact) mass is 1760 g/mol. The van der Waals surface area contributed by atoms with E-state index in [1.54, 1.807) is 105 Å². The molecule has 12 rings (SSSR count). The molecule has 2 fully saturated rings. The Bertz CT molecular complexity index is 4280. The van der Waals surface area contributed by atoms with Crippen LogP contribution in [-0.4, -0.2) is 123 Å². The van der Waals surface area contributed by atoms with Crippen LogP contribution in [0.1, 0.15) is 95.5 Å². The van der Waals surface area contributed by atoms with Gasteiger partial charge in [-0.1, -0.05) is 97.7 Å². The molecule has 560 valence electrons. The molecule has 5 aromatic carbocycles. The van der Waals surface area contributed by atoms with Gasteiger partial charge in [-0.15, -0.1) is 0 Å². The largest absolute Gasteiger partial charge is 0.479 e. The average Bonchev–Trinajstić information content (AvgIpc) is 1.64. The first-order chi connectivity index (χ1) is 47.1. The predicted molar refractivity (Wildman–Crippen MR) is 424 cm³/mol. The zero-order valence-electron chi connectivity index (χ0n) is 56.3. The molecule has 2 aliphatic carbocycles. The minimum absolute atomic E-state index is 0. The number of halogens is 5. The number of ether oxygens (including phenoxy) is 5. The van der Waals surface area contributed by atoms with Crippen molar-refractivity contribution in [1.82, 2.24) is 25.4 Å². The quantitative estimate of drug-likeness (QED) is 0.0446. The normalized spacial score (nSPS) is 14.8. The highest BCUT2D eigenvalue weighted by molar-refractivity contribution is 9.11. The topological polar surface area (TPSA) is 358 Å². The first-order valence-corrected chi connectivity index (χ1v) is 33.6. The highest BCUT2D eigenvalue weighted by Gasteiger charge is 2.40. The summed E-state index contributed by atoms with van der Waals surface area (Å²) >= 11 is 22.1. The van der Waals surface area contributed by atoms with E-state index in [0.29, 0.717) is 95.6 Å². The lowest BCUT2D eigenvalue weighted by Crippen LogP contribution is -2.25. The van der Waals surface area contributed by atoms with Gasteiger partial charge in [0.1, 0.15) is 57.8 Å². The summed E-state index contributed by atoms with van der Waals surface area (Å²) < 4.78 is 45.3. The third kappa shape index (κ3) is 25.9. The van der Waals surface area contributed by atoms with Crippen LogP contribution >= 0.6 is 138 Å². The summed E-state index contributed by atoms with van der Waals surface area (Å²) in [5.74, 6) is 0.0976. The second kappa shape index (κ2) is 42.5. The summed E-state index contributed by atoms with van der Waals surface area (Å²) in [6.07, 6.45) is 2.55. The zero-order chi connectivity index (χ0) is 71.8. The molecule has 5 heterocycles. The molecule has 1 aliphatic heterocycles. The zero-order valence-corrected chi connectivity index (χ0v) is 67.6. The molecule has 0 saturated heterocycles. The van der Waals surface area contributed by atoms with E-state index in [0.717, 1.165) is 62.6 Å². The second-order valence-electron chi connectivity index (χ2n) is 22.4. The van der Waals surface area contributed by atoms with Gasteiger partial charge in [-0.05, 0) is 184 Å². The molecule has 104 heavy (non-hydrogen) atoms. The lowest BCUT2D eigenvalue weighted by Gasteiger charge is -2.16. The maximum absolute atomic E-state index is 11.0. The number of benzene rings is 5. The summed E-state index contributed by atoms with van der Waals surface area (Å²) in [4.78, 5) is 68.3. The Hall–Kier alpha value is -7.60. The van der Waals surface area contributed by atoms with Crippen LogP contribution in [0.15, 0.2) is 160 Å². The minimum Gasteiger partial charge on any atom is -0.479 e. The molecule has 7 atom stereocenters. The van der Waals surface area contributed by atoms with Crippen LogP contribution in [-0.2, 0) is 28.8 Å². The maximum Gasteiger partial charge on any atom is 0.344 e. The van der Waals surface area contributed by atoms with Gasteiger partial charge in [0.2, 0.25) is 0 Å². The summed E-state index contributed by atoms with van der Waals surface area (Å²) in [5.41, 5.74) is 6.14. The maximum atomic E-state index is 11.0. The molecule has 0 bridgehead atoms. The van der Waals surface area contributed by atoms with Crippen molar-refractivity contribution in [3.63, 3.8) is 0 Å². The predicted octanol–water partition coefficient (Wildman–Crippen LogP) is 16.7. The van der Waals surface area contributed by atoms with E-state index in [1.807, 2.05) is 36.4 Å². The van der Waals surface area contributed by atoms with Crippen molar-refractivity contribution in [2.45, 2.75) is 123 Å². The molecular weight excluding hydrogens is 1690 g/mol. The SMILES string of the molecule is C[C@H](Oc1ccc(Br)cc1-c1cc(C2CC2)on1)C(=O)O.C[C@H](Oc1ccc(Br)cc1C1=NOC2CCCC12)C(=O)O.C[C@H](Oc1ccc(Cl)cc1-c1ccccn1)C(=O)O.Cc1cc(-c2cc(Br)ccc2O[C@@H](C)C(=O)O)no1.Cc1noc(-c2cc(Cl)ccc2O[C@@H](C)C(=O)O)n1.S.S.S.S.S. The Morgan fingerprint density at radius 2 is 0.885 bits per heavy atom. The van der Waals surface area contributed by atoms with Gasteiger partial charge in [0.15, 0.2) is 36.3 Å². The van der Waals surface area contributed by atoms with Crippen molar-refractivity contribution in [2.75, 3.05) is 0 Å². The van der Waals surface area contributed by atoms with Crippen molar-refractivity contribution in [1.29, 1.82) is 0 Å². The number of nitrogens with zero attached hydrogens (tertiary/aromatic N) is 6. The fraction of sp³-hybridized carbons (Fsp3) is 0.290. The molecule has 0 amide bonds. The average molecular weight is 1760 g/mol. The number of hydrogen-bond acceptors (Lipinski definition) is 20. The third-order valence-electron chi connectivity index (χ3n) is 14.7. The summed E-state index contributed by atoms with van der Waals surface area (Å²) in [5, 5.41) is 61.5. The number of aromatic nitrogens is 5. The van der Waals surface area contributed by atoms with Crippen LogP contribution in [0.25, 0.3) is 45.2 Å². The summed E-state index contributed by atoms with van der Waals surface area (Å²) in [6.45, 7) is 10.8. The Kier molecular flexibility index (Phi) is 37.0. The van der Waals surface area contributed by atoms with Crippen molar-refractivity contribution >= 4 is 174 Å². The first kappa shape index (κ1) is 90.6. The summed E-state index contributed by atoms with van der Waals surface area (Å²) in [6, 6.07) is 35.0. The van der Waals surface area contributed by atoms with Crippen LogP contribution < -0.4 is 23.7 Å². The van der Waals surface area contributed by atoms with E-state index in [1.165, 1.54) is 34.6 Å². The van der Waals surface area contributed by atoms with Crippen molar-refractivity contribution in [3.05, 3.63) is 174 Å². The number of carbonyl (C=O) groups is 5. The fourth-order valence-corrected chi connectivity index (χ4v) is 10.8. The first-order valence-electron chi connectivity index (χ1n) is 30.4. The number of carboxylic acid groups (broad SMARTS) is 5. The van der Waals surface area contributed by atoms with Crippen LogP contribution in [0, 0.1) is 19.8 Å². The van der Waals surface area contributed by atoms with E-state index in [9.17, 15) is 24.0 Å². The standard InChI is InChI=1S/C15H14BrNO4.C15H16BrNO4.C14H12ClNO3.C13H12BrNO4.C12H11ClN2O4.5H2S/c1-8(15(18)19)20-13-5-4-10(16)6-11(13)12-7-14(21-17-12)9-2-3-9;1-8(15(18)19)20-12-6-5-9(16)7-11(12)14-10-3-2-4-13(10)21-17-14;1-9(14(17)18)19-13-6-5-10(15)8-11(13)12-4-2-3-7-16-12;1-7-5-11(15-19-7)10-6-9(14)3-4-12(10)18-8(2)13(16)17;1-6(12(16)17)18-10-4-3-8(13)5-9(10)11-14-7(2)15-19-11;;;;;/h4-9H,2-3H2,1H3,(H,18,19);5-8,10,13H,2-4H2,1H3,(H,18,19);2-9H,1H3,(H,17,18);3-6,8H,1-2H3,(H,16,17);3-6H,1-2H3,(H,16,17);5*1H2/t8-;8-,10?,13?;9-;8-;6-;;;;;/m00000...../s1. The van der Waals surface area contributed by atoms with E-state index in [-0.39, 0.29) is 85.4 Å². The van der Waals surface area contributed by atoms with Gasteiger partial charge >= 0.3 is 29.8 Å². The van der Waals surface area contributed by atoms with Gasteiger partial charge in [-0.25, -0.2) is 24.0 Å². The van der Waals surface area contributed by atoms with Gasteiger partial charge in [0, 0.05) is 75.9 Å². The Balaban J connectivity index is 0.000000334. The number of pyridine rings is 1. The molecule has 35 heteroatoms. The van der Waals surface area contributed by atoms with E-state index >= 15 is 0 Å². The van der Waals surface area contributed by atoms with E-state index < -0.39 is 60.4 Å².